The van der Waals surface area contributed by atoms with E-state index in [1.165, 1.54) is 6.92 Å². The van der Waals surface area contributed by atoms with Crippen LogP contribution in [-0.2, 0) is 28.9 Å². The van der Waals surface area contributed by atoms with Crippen LogP contribution in [0.4, 0.5) is 0 Å². The maximum absolute atomic E-state index is 11.7. The van der Waals surface area contributed by atoms with Crippen molar-refractivity contribution in [3.63, 3.8) is 0 Å². The number of nitrogens with zero attached hydrogens (tertiary/aromatic N) is 4. The average Bonchev–Trinajstić information content (AvgIpc) is 3.18. The SMILES string of the molecule is CCCc1c(OCCCc2nnnn2CCCCC(=O)OCC)ccc(C(C)=O)c1O. The number of hydrogen-bond donors (Lipinski definition) is 1. The minimum absolute atomic E-state index is 0.0126. The lowest BCUT2D eigenvalue weighted by atomic mass is 10.0. The van der Waals surface area contributed by atoms with Crippen molar-refractivity contribution < 1.29 is 24.2 Å². The number of tetrazole rings is 1. The zero-order chi connectivity index (χ0) is 22.6. The van der Waals surface area contributed by atoms with E-state index < -0.39 is 0 Å². The third-order valence-electron chi connectivity index (χ3n) is 4.83. The summed E-state index contributed by atoms with van der Waals surface area (Å²) in [5.74, 6) is 1.03. The van der Waals surface area contributed by atoms with E-state index in [-0.39, 0.29) is 17.5 Å². The minimum atomic E-state index is -0.179. The van der Waals surface area contributed by atoms with Gasteiger partial charge in [-0.15, -0.1) is 5.10 Å². The number of unbranched alkanes of at least 4 members (excludes halogenated alkanes) is 1. The first-order chi connectivity index (χ1) is 15.0. The summed E-state index contributed by atoms with van der Waals surface area (Å²) in [7, 11) is 0. The predicted molar refractivity (Wildman–Crippen MR) is 114 cm³/mol. The van der Waals surface area contributed by atoms with Crippen LogP contribution in [0.2, 0.25) is 0 Å². The number of aryl methyl sites for hydroxylation is 2. The summed E-state index contributed by atoms with van der Waals surface area (Å²) in [5.41, 5.74) is 0.986. The molecule has 9 heteroatoms. The molecule has 1 aromatic heterocycles. The van der Waals surface area contributed by atoms with E-state index in [9.17, 15) is 14.7 Å². The third kappa shape index (κ3) is 7.34. The van der Waals surface area contributed by atoms with Gasteiger partial charge in [0.15, 0.2) is 11.6 Å². The van der Waals surface area contributed by atoms with Crippen LogP contribution in [0.1, 0.15) is 74.6 Å². The van der Waals surface area contributed by atoms with Crippen LogP contribution < -0.4 is 4.74 Å². The number of phenolic OH excluding ortho intramolecular Hbond substituents is 1. The Morgan fingerprint density at radius 1 is 1.13 bits per heavy atom. The summed E-state index contributed by atoms with van der Waals surface area (Å²) in [5, 5.41) is 22.3. The van der Waals surface area contributed by atoms with Crippen LogP contribution in [0.25, 0.3) is 0 Å². The number of aromatic nitrogens is 4. The molecule has 2 aromatic rings. The Morgan fingerprint density at radius 2 is 1.94 bits per heavy atom. The Bertz CT molecular complexity index is 866. The molecule has 0 bridgehead atoms. The van der Waals surface area contributed by atoms with Gasteiger partial charge in [0, 0.05) is 24.9 Å². The number of rotatable bonds is 14. The molecule has 170 valence electrons. The molecule has 0 spiro atoms. The molecular weight excluding hydrogens is 400 g/mol. The van der Waals surface area contributed by atoms with Gasteiger partial charge in [0.2, 0.25) is 0 Å². The summed E-state index contributed by atoms with van der Waals surface area (Å²) in [6.45, 7) is 6.72. The highest BCUT2D eigenvalue weighted by Gasteiger charge is 2.16. The second-order valence-corrected chi connectivity index (χ2v) is 7.28. The number of ether oxygens (including phenoxy) is 2. The second-order valence-electron chi connectivity index (χ2n) is 7.28. The first-order valence-corrected chi connectivity index (χ1v) is 10.9. The summed E-state index contributed by atoms with van der Waals surface area (Å²) < 4.78 is 12.6. The van der Waals surface area contributed by atoms with Gasteiger partial charge in [-0.3, -0.25) is 9.59 Å². The maximum atomic E-state index is 11.7. The van der Waals surface area contributed by atoms with E-state index in [1.54, 1.807) is 23.7 Å². The molecule has 9 nitrogen and oxygen atoms in total. The highest BCUT2D eigenvalue weighted by Crippen LogP contribution is 2.33. The van der Waals surface area contributed by atoms with Gasteiger partial charge >= 0.3 is 5.97 Å². The van der Waals surface area contributed by atoms with Crippen LogP contribution in [0.15, 0.2) is 12.1 Å². The van der Waals surface area contributed by atoms with E-state index in [1.807, 2.05) is 6.92 Å². The second kappa shape index (κ2) is 12.7. The first-order valence-electron chi connectivity index (χ1n) is 10.9. The van der Waals surface area contributed by atoms with Crippen molar-refractivity contribution in [3.05, 3.63) is 29.1 Å². The molecule has 0 saturated heterocycles. The van der Waals surface area contributed by atoms with Crippen LogP contribution in [0.3, 0.4) is 0 Å². The Morgan fingerprint density at radius 3 is 2.65 bits per heavy atom. The number of hydrogen-bond acceptors (Lipinski definition) is 8. The number of benzene rings is 1. The molecule has 0 aliphatic carbocycles. The third-order valence-corrected chi connectivity index (χ3v) is 4.83. The summed E-state index contributed by atoms with van der Waals surface area (Å²) in [4.78, 5) is 23.1. The molecule has 1 aromatic carbocycles. The molecule has 0 aliphatic rings. The van der Waals surface area contributed by atoms with Crippen molar-refractivity contribution in [1.29, 1.82) is 0 Å². The lowest BCUT2D eigenvalue weighted by Gasteiger charge is -2.14. The summed E-state index contributed by atoms with van der Waals surface area (Å²) >= 11 is 0. The van der Waals surface area contributed by atoms with E-state index in [0.717, 1.165) is 25.1 Å². The number of esters is 1. The molecule has 1 heterocycles. The van der Waals surface area contributed by atoms with Gasteiger partial charge in [0.05, 0.1) is 18.8 Å². The molecule has 1 N–H and O–H groups in total. The quantitative estimate of drug-likeness (QED) is 0.275. The standard InChI is InChI=1S/C22H32N4O5/c1-4-9-18-19(13-12-17(16(3)27)22(18)29)31-15-8-10-20-23-24-25-26(20)14-7-6-11-21(28)30-5-2/h12-13,29H,4-11,14-15H2,1-3H3. The van der Waals surface area contributed by atoms with Crippen LogP contribution in [0, 0.1) is 0 Å². The van der Waals surface area contributed by atoms with Crippen LogP contribution in [0.5, 0.6) is 11.5 Å². The van der Waals surface area contributed by atoms with Gasteiger partial charge in [-0.1, -0.05) is 13.3 Å². The molecule has 0 amide bonds. The van der Waals surface area contributed by atoms with Crippen molar-refractivity contribution in [1.82, 2.24) is 20.2 Å². The van der Waals surface area contributed by atoms with Gasteiger partial charge < -0.3 is 14.6 Å². The minimum Gasteiger partial charge on any atom is -0.507 e. The Labute approximate surface area is 182 Å². The van der Waals surface area contributed by atoms with E-state index >= 15 is 0 Å². The highest BCUT2D eigenvalue weighted by atomic mass is 16.5. The molecule has 0 atom stereocenters. The number of ketones is 1. The van der Waals surface area contributed by atoms with Crippen molar-refractivity contribution in [2.24, 2.45) is 0 Å². The lowest BCUT2D eigenvalue weighted by molar-refractivity contribution is -0.143. The van der Waals surface area contributed by atoms with Crippen molar-refractivity contribution in [2.45, 2.75) is 72.3 Å². The van der Waals surface area contributed by atoms with Crippen molar-refractivity contribution >= 4 is 11.8 Å². The van der Waals surface area contributed by atoms with Crippen molar-refractivity contribution in [3.8, 4) is 11.5 Å². The molecule has 0 fully saturated rings. The molecule has 2 rings (SSSR count). The molecule has 0 radical (unpaired) electrons. The molecular formula is C22H32N4O5. The number of carbonyl (C=O) groups excluding carboxylic acids is 2. The van der Waals surface area contributed by atoms with Gasteiger partial charge in [-0.05, 0) is 62.1 Å². The number of phenols is 1. The predicted octanol–water partition coefficient (Wildman–Crippen LogP) is 3.28. The zero-order valence-electron chi connectivity index (χ0n) is 18.6. The largest absolute Gasteiger partial charge is 0.507 e. The summed E-state index contributed by atoms with van der Waals surface area (Å²) in [6, 6.07) is 3.35. The monoisotopic (exact) mass is 432 g/mol. The molecule has 0 saturated carbocycles. The van der Waals surface area contributed by atoms with Gasteiger partial charge in [-0.25, -0.2) is 4.68 Å². The molecule has 0 unspecified atom stereocenters. The topological polar surface area (TPSA) is 116 Å². The fourth-order valence-corrected chi connectivity index (χ4v) is 3.28. The van der Waals surface area contributed by atoms with Crippen LogP contribution in [-0.4, -0.2) is 50.3 Å². The van der Waals surface area contributed by atoms with Gasteiger partial charge in [0.1, 0.15) is 11.5 Å². The Kier molecular flexibility index (Phi) is 9.93. The van der Waals surface area contributed by atoms with Crippen LogP contribution >= 0.6 is 0 Å². The Hall–Kier alpha value is -2.97. The lowest BCUT2D eigenvalue weighted by Crippen LogP contribution is -2.10. The van der Waals surface area contributed by atoms with Crippen molar-refractivity contribution in [2.75, 3.05) is 13.2 Å². The van der Waals surface area contributed by atoms with E-state index in [0.29, 0.717) is 62.3 Å². The van der Waals surface area contributed by atoms with Gasteiger partial charge in [0.25, 0.3) is 0 Å². The molecule has 0 aliphatic heterocycles. The number of carbonyl (C=O) groups is 2. The first kappa shape index (κ1) is 24.3. The zero-order valence-corrected chi connectivity index (χ0v) is 18.6. The smallest absolute Gasteiger partial charge is 0.305 e. The summed E-state index contributed by atoms with van der Waals surface area (Å²) in [6.07, 6.45) is 4.71. The Balaban J connectivity index is 1.83. The van der Waals surface area contributed by atoms with E-state index in [4.69, 9.17) is 9.47 Å². The average molecular weight is 433 g/mol. The fourth-order valence-electron chi connectivity index (χ4n) is 3.28. The normalized spacial score (nSPS) is 10.8. The van der Waals surface area contributed by atoms with E-state index in [2.05, 4.69) is 15.5 Å². The fraction of sp³-hybridized carbons (Fsp3) is 0.591. The maximum Gasteiger partial charge on any atom is 0.305 e. The molecule has 31 heavy (non-hydrogen) atoms. The van der Waals surface area contributed by atoms with Gasteiger partial charge in [-0.2, -0.15) is 0 Å². The number of Topliss-reactive ketones (excluding diaryl/α,β-unsaturated/α-hetero) is 1. The number of aromatic hydroxyl groups is 1. The highest BCUT2D eigenvalue weighted by molar-refractivity contribution is 5.97.